The van der Waals surface area contributed by atoms with Crippen LogP contribution in [0.4, 0.5) is 0 Å². The largest absolute Gasteiger partial charge is 0.475 e. The Morgan fingerprint density at radius 2 is 2.50 bits per heavy atom. The Bertz CT molecular complexity index is 253. The highest BCUT2D eigenvalue weighted by Gasteiger charge is 2.01. The van der Waals surface area contributed by atoms with Crippen molar-refractivity contribution in [2.45, 2.75) is 13.0 Å². The highest BCUT2D eigenvalue weighted by molar-refractivity contribution is 9.10. The molecule has 0 saturated carbocycles. The molecule has 1 aromatic heterocycles. The summed E-state index contributed by atoms with van der Waals surface area (Å²) in [7, 11) is 0. The van der Waals surface area contributed by atoms with E-state index in [4.69, 9.17) is 10.5 Å². The van der Waals surface area contributed by atoms with E-state index >= 15 is 0 Å². The van der Waals surface area contributed by atoms with E-state index < -0.39 is 0 Å². The Morgan fingerprint density at radius 3 is 3.08 bits per heavy atom. The lowest BCUT2D eigenvalue weighted by molar-refractivity contribution is 0.283. The molecule has 1 unspecified atom stereocenters. The maximum atomic E-state index is 5.52. The zero-order valence-corrected chi connectivity index (χ0v) is 8.41. The summed E-state index contributed by atoms with van der Waals surface area (Å²) < 4.78 is 6.17. The van der Waals surface area contributed by atoms with Crippen molar-refractivity contribution in [3.8, 4) is 5.88 Å². The molecule has 0 saturated heterocycles. The lowest BCUT2D eigenvalue weighted by atomic mass is 10.4. The van der Waals surface area contributed by atoms with Gasteiger partial charge in [-0.3, -0.25) is 0 Å². The van der Waals surface area contributed by atoms with E-state index in [-0.39, 0.29) is 6.04 Å². The maximum Gasteiger partial charge on any atom is 0.227 e. The summed E-state index contributed by atoms with van der Waals surface area (Å²) in [5.41, 5.74) is 5.52. The van der Waals surface area contributed by atoms with E-state index in [1.807, 2.05) is 19.1 Å². The number of aromatic nitrogens is 1. The van der Waals surface area contributed by atoms with Gasteiger partial charge in [-0.1, -0.05) is 0 Å². The van der Waals surface area contributed by atoms with Crippen LogP contribution in [0.3, 0.4) is 0 Å². The molecule has 0 aliphatic heterocycles. The van der Waals surface area contributed by atoms with Crippen molar-refractivity contribution in [3.63, 3.8) is 0 Å². The van der Waals surface area contributed by atoms with Crippen molar-refractivity contribution in [2.24, 2.45) is 5.73 Å². The van der Waals surface area contributed by atoms with Crippen molar-refractivity contribution >= 4 is 15.9 Å². The quantitative estimate of drug-likeness (QED) is 0.858. The predicted molar refractivity (Wildman–Crippen MR) is 51.1 cm³/mol. The summed E-state index contributed by atoms with van der Waals surface area (Å²) in [4.78, 5) is 4.03. The van der Waals surface area contributed by atoms with E-state index in [1.54, 1.807) is 6.20 Å². The Hall–Kier alpha value is -0.610. The van der Waals surface area contributed by atoms with Gasteiger partial charge in [0.15, 0.2) is 0 Å². The molecule has 0 spiro atoms. The number of ether oxygens (including phenoxy) is 1. The minimum Gasteiger partial charge on any atom is -0.475 e. The van der Waals surface area contributed by atoms with Gasteiger partial charge >= 0.3 is 0 Å². The van der Waals surface area contributed by atoms with E-state index in [9.17, 15) is 0 Å². The summed E-state index contributed by atoms with van der Waals surface area (Å²) in [6, 6.07) is 3.74. The monoisotopic (exact) mass is 230 g/mol. The summed E-state index contributed by atoms with van der Waals surface area (Å²) >= 11 is 3.32. The van der Waals surface area contributed by atoms with E-state index in [0.29, 0.717) is 12.5 Å². The van der Waals surface area contributed by atoms with Crippen molar-refractivity contribution < 1.29 is 4.74 Å². The molecule has 0 amide bonds. The first-order chi connectivity index (χ1) is 5.70. The molecule has 4 heteroatoms. The SMILES string of the molecule is CC(N)COc1ncccc1Br. The van der Waals surface area contributed by atoms with Crippen LogP contribution < -0.4 is 10.5 Å². The van der Waals surface area contributed by atoms with Gasteiger partial charge in [0, 0.05) is 12.2 Å². The molecule has 2 N–H and O–H groups in total. The molecule has 0 radical (unpaired) electrons. The van der Waals surface area contributed by atoms with Crippen LogP contribution in [0, 0.1) is 0 Å². The Kier molecular flexibility index (Phi) is 3.49. The van der Waals surface area contributed by atoms with Crippen LogP contribution in [0.15, 0.2) is 22.8 Å². The molecule has 0 bridgehead atoms. The van der Waals surface area contributed by atoms with Crippen LogP contribution in [-0.4, -0.2) is 17.6 Å². The number of halogens is 1. The first-order valence-electron chi connectivity index (χ1n) is 3.69. The van der Waals surface area contributed by atoms with Crippen LogP contribution in [0.5, 0.6) is 5.88 Å². The third-order valence-electron chi connectivity index (χ3n) is 1.21. The number of hydrogen-bond donors (Lipinski definition) is 1. The van der Waals surface area contributed by atoms with Gasteiger partial charge < -0.3 is 10.5 Å². The Labute approximate surface area is 80.1 Å². The summed E-state index contributed by atoms with van der Waals surface area (Å²) in [6.45, 7) is 2.37. The number of nitrogens with two attached hydrogens (primary N) is 1. The van der Waals surface area contributed by atoms with Crippen molar-refractivity contribution in [3.05, 3.63) is 22.8 Å². The minimum atomic E-state index is 0.0268. The lowest BCUT2D eigenvalue weighted by Gasteiger charge is -2.08. The fourth-order valence-electron chi connectivity index (χ4n) is 0.688. The van der Waals surface area contributed by atoms with Crippen LogP contribution in [0.25, 0.3) is 0 Å². The molecule has 0 fully saturated rings. The average Bonchev–Trinajstić information content (AvgIpc) is 2.03. The van der Waals surface area contributed by atoms with Crippen LogP contribution in [0.1, 0.15) is 6.92 Å². The van der Waals surface area contributed by atoms with Gasteiger partial charge in [0.25, 0.3) is 0 Å². The minimum absolute atomic E-state index is 0.0268. The Morgan fingerprint density at radius 1 is 1.75 bits per heavy atom. The van der Waals surface area contributed by atoms with Crippen molar-refractivity contribution in [1.82, 2.24) is 4.98 Å². The number of hydrogen-bond acceptors (Lipinski definition) is 3. The lowest BCUT2D eigenvalue weighted by Crippen LogP contribution is -2.23. The average molecular weight is 231 g/mol. The smallest absolute Gasteiger partial charge is 0.227 e. The second-order valence-electron chi connectivity index (χ2n) is 2.58. The molecule has 1 atom stereocenters. The van der Waals surface area contributed by atoms with Crippen molar-refractivity contribution in [1.29, 1.82) is 0 Å². The molecule has 12 heavy (non-hydrogen) atoms. The molecule has 1 aromatic rings. The van der Waals surface area contributed by atoms with Crippen LogP contribution >= 0.6 is 15.9 Å². The van der Waals surface area contributed by atoms with Gasteiger partial charge in [0.1, 0.15) is 6.61 Å². The van der Waals surface area contributed by atoms with Gasteiger partial charge in [-0.15, -0.1) is 0 Å². The van der Waals surface area contributed by atoms with Crippen molar-refractivity contribution in [2.75, 3.05) is 6.61 Å². The zero-order chi connectivity index (χ0) is 8.97. The third kappa shape index (κ3) is 2.79. The zero-order valence-electron chi connectivity index (χ0n) is 6.83. The molecule has 0 aromatic carbocycles. The van der Waals surface area contributed by atoms with Crippen LogP contribution in [-0.2, 0) is 0 Å². The molecular formula is C8H11BrN2O. The number of rotatable bonds is 3. The van der Waals surface area contributed by atoms with E-state index in [1.165, 1.54) is 0 Å². The fourth-order valence-corrected chi connectivity index (χ4v) is 1.06. The predicted octanol–water partition coefficient (Wildman–Crippen LogP) is 1.57. The van der Waals surface area contributed by atoms with Gasteiger partial charge in [-0.05, 0) is 35.0 Å². The molecule has 3 nitrogen and oxygen atoms in total. The summed E-state index contributed by atoms with van der Waals surface area (Å²) in [5.74, 6) is 0.592. The summed E-state index contributed by atoms with van der Waals surface area (Å²) in [5, 5.41) is 0. The molecule has 1 heterocycles. The van der Waals surface area contributed by atoms with Crippen LogP contribution in [0.2, 0.25) is 0 Å². The highest BCUT2D eigenvalue weighted by Crippen LogP contribution is 2.20. The Balaban J connectivity index is 2.57. The van der Waals surface area contributed by atoms with Gasteiger partial charge in [0.05, 0.1) is 4.47 Å². The van der Waals surface area contributed by atoms with Gasteiger partial charge in [-0.25, -0.2) is 4.98 Å². The molecule has 1 rings (SSSR count). The molecule has 0 aliphatic rings. The summed E-state index contributed by atoms with van der Waals surface area (Å²) in [6.07, 6.45) is 1.68. The number of nitrogens with zero attached hydrogens (tertiary/aromatic N) is 1. The second-order valence-corrected chi connectivity index (χ2v) is 3.43. The molecule has 0 aliphatic carbocycles. The van der Waals surface area contributed by atoms with Gasteiger partial charge in [-0.2, -0.15) is 0 Å². The molecule has 66 valence electrons. The molecular weight excluding hydrogens is 220 g/mol. The second kappa shape index (κ2) is 4.42. The highest BCUT2D eigenvalue weighted by atomic mass is 79.9. The third-order valence-corrected chi connectivity index (χ3v) is 1.81. The number of pyridine rings is 1. The van der Waals surface area contributed by atoms with Gasteiger partial charge in [0.2, 0.25) is 5.88 Å². The first kappa shape index (κ1) is 9.48. The normalized spacial score (nSPS) is 12.6. The standard InChI is InChI=1S/C8H11BrN2O/c1-6(10)5-12-8-7(9)3-2-4-11-8/h2-4,6H,5,10H2,1H3. The van der Waals surface area contributed by atoms with E-state index in [0.717, 1.165) is 4.47 Å². The van der Waals surface area contributed by atoms with E-state index in [2.05, 4.69) is 20.9 Å². The maximum absolute atomic E-state index is 5.52. The first-order valence-corrected chi connectivity index (χ1v) is 4.48. The topological polar surface area (TPSA) is 48.1 Å². The fraction of sp³-hybridized carbons (Fsp3) is 0.375.